The molecular formula is C20H21N3O2. The highest BCUT2D eigenvalue weighted by atomic mass is 16.5. The largest absolute Gasteiger partial charge is 0.468 e. The van der Waals surface area contributed by atoms with E-state index in [1.807, 2.05) is 67.4 Å². The molecule has 0 saturated carbocycles. The number of nitrogens with zero attached hydrogens (tertiary/aromatic N) is 2. The number of fused-ring (bicyclic) bond motifs is 1. The van der Waals surface area contributed by atoms with E-state index in [1.54, 1.807) is 0 Å². The van der Waals surface area contributed by atoms with E-state index < -0.39 is 0 Å². The van der Waals surface area contributed by atoms with Crippen molar-refractivity contribution in [2.24, 2.45) is 0 Å². The van der Waals surface area contributed by atoms with Gasteiger partial charge in [-0.15, -0.1) is 0 Å². The van der Waals surface area contributed by atoms with Gasteiger partial charge in [0.15, 0.2) is 0 Å². The molecule has 1 N–H and O–H groups in total. The zero-order valence-corrected chi connectivity index (χ0v) is 14.6. The van der Waals surface area contributed by atoms with Gasteiger partial charge in [0.2, 0.25) is 0 Å². The minimum atomic E-state index is -0.294. The van der Waals surface area contributed by atoms with Gasteiger partial charge in [-0.3, -0.25) is 4.79 Å². The maximum atomic E-state index is 11.6. The highest BCUT2D eigenvalue weighted by Crippen LogP contribution is 2.32. The third kappa shape index (κ3) is 3.71. The van der Waals surface area contributed by atoms with Gasteiger partial charge in [0.1, 0.15) is 12.4 Å². The maximum Gasteiger partial charge on any atom is 0.325 e. The summed E-state index contributed by atoms with van der Waals surface area (Å²) in [4.78, 5) is 18.1. The first kappa shape index (κ1) is 16.8. The Morgan fingerprint density at radius 2 is 1.88 bits per heavy atom. The third-order valence-corrected chi connectivity index (χ3v) is 3.99. The average Bonchev–Trinajstić information content (AvgIpc) is 2.62. The molecular weight excluding hydrogens is 314 g/mol. The predicted octanol–water partition coefficient (Wildman–Crippen LogP) is 3.90. The van der Waals surface area contributed by atoms with Crippen molar-refractivity contribution in [1.82, 2.24) is 4.98 Å². The van der Waals surface area contributed by atoms with Gasteiger partial charge in [-0.05, 0) is 31.2 Å². The molecule has 3 rings (SSSR count). The number of hydrogen-bond donors (Lipinski definition) is 1. The lowest BCUT2D eigenvalue weighted by Crippen LogP contribution is -2.27. The Morgan fingerprint density at radius 1 is 1.12 bits per heavy atom. The van der Waals surface area contributed by atoms with Crippen LogP contribution in [0.2, 0.25) is 0 Å². The standard InChI is InChI=1S/C20H21N3O2/c1-14-12-17-16(20(21-14)23(2)13-19(24)25-3)10-7-11-18(17)22-15-8-5-4-6-9-15/h4-12,22H,13H2,1-3H3. The van der Waals surface area contributed by atoms with Crippen molar-refractivity contribution < 1.29 is 9.53 Å². The molecule has 1 aromatic heterocycles. The number of anilines is 3. The molecule has 0 radical (unpaired) electrons. The van der Waals surface area contributed by atoms with Crippen molar-refractivity contribution in [1.29, 1.82) is 0 Å². The number of likely N-dealkylation sites (N-methyl/N-ethyl adjacent to an activating group) is 1. The van der Waals surface area contributed by atoms with E-state index >= 15 is 0 Å². The lowest BCUT2D eigenvalue weighted by Gasteiger charge is -2.20. The van der Waals surface area contributed by atoms with Crippen LogP contribution in [0.1, 0.15) is 5.69 Å². The predicted molar refractivity (Wildman–Crippen MR) is 101 cm³/mol. The summed E-state index contributed by atoms with van der Waals surface area (Å²) in [5, 5.41) is 5.50. The van der Waals surface area contributed by atoms with Crippen molar-refractivity contribution in [2.45, 2.75) is 6.92 Å². The molecule has 5 nitrogen and oxygen atoms in total. The van der Waals surface area contributed by atoms with E-state index in [2.05, 4.69) is 16.4 Å². The number of rotatable bonds is 5. The van der Waals surface area contributed by atoms with Crippen LogP contribution in [0.15, 0.2) is 54.6 Å². The van der Waals surface area contributed by atoms with Crippen molar-refractivity contribution in [3.8, 4) is 0 Å². The second-order valence-electron chi connectivity index (χ2n) is 5.91. The minimum absolute atomic E-state index is 0.151. The molecule has 0 atom stereocenters. The first-order chi connectivity index (χ1) is 12.1. The smallest absolute Gasteiger partial charge is 0.325 e. The fraction of sp³-hybridized carbons (Fsp3) is 0.200. The molecule has 0 fully saturated rings. The van der Waals surface area contributed by atoms with Gasteiger partial charge in [0, 0.05) is 34.9 Å². The number of esters is 1. The van der Waals surface area contributed by atoms with E-state index in [1.165, 1.54) is 7.11 Å². The molecule has 0 saturated heterocycles. The van der Waals surface area contributed by atoms with Crippen LogP contribution in [0, 0.1) is 6.92 Å². The summed E-state index contributed by atoms with van der Waals surface area (Å²) < 4.78 is 4.77. The number of pyridine rings is 1. The summed E-state index contributed by atoms with van der Waals surface area (Å²) in [6.07, 6.45) is 0. The van der Waals surface area contributed by atoms with Crippen LogP contribution in [0.25, 0.3) is 10.8 Å². The molecule has 1 heterocycles. The Labute approximate surface area is 147 Å². The van der Waals surface area contributed by atoms with Crippen LogP contribution < -0.4 is 10.2 Å². The number of nitrogens with one attached hydrogen (secondary N) is 1. The summed E-state index contributed by atoms with van der Waals surface area (Å²) in [6, 6.07) is 18.1. The number of aryl methyl sites for hydroxylation is 1. The van der Waals surface area contributed by atoms with Crippen molar-refractivity contribution in [3.05, 3.63) is 60.3 Å². The Hall–Kier alpha value is -3.08. The van der Waals surface area contributed by atoms with Gasteiger partial charge < -0.3 is 15.0 Å². The zero-order chi connectivity index (χ0) is 17.8. The summed E-state index contributed by atoms with van der Waals surface area (Å²) in [5.74, 6) is 0.467. The summed E-state index contributed by atoms with van der Waals surface area (Å²) in [5.41, 5.74) is 2.91. The third-order valence-electron chi connectivity index (χ3n) is 3.99. The molecule has 0 unspecified atom stereocenters. The molecule has 0 aliphatic rings. The monoisotopic (exact) mass is 335 g/mol. The molecule has 0 aliphatic heterocycles. The first-order valence-corrected chi connectivity index (χ1v) is 8.09. The van der Waals surface area contributed by atoms with E-state index in [4.69, 9.17) is 4.74 Å². The SMILES string of the molecule is COC(=O)CN(C)c1nc(C)cc2c(Nc3ccccc3)cccc12. The van der Waals surface area contributed by atoms with Gasteiger partial charge in [0.25, 0.3) is 0 Å². The molecule has 0 spiro atoms. The van der Waals surface area contributed by atoms with Crippen LogP contribution in [0.5, 0.6) is 0 Å². The van der Waals surface area contributed by atoms with Crippen LogP contribution in [0.3, 0.4) is 0 Å². The maximum absolute atomic E-state index is 11.6. The highest BCUT2D eigenvalue weighted by Gasteiger charge is 2.14. The van der Waals surface area contributed by atoms with Crippen LogP contribution in [-0.4, -0.2) is 31.7 Å². The number of aromatic nitrogens is 1. The summed E-state index contributed by atoms with van der Waals surface area (Å²) >= 11 is 0. The van der Waals surface area contributed by atoms with E-state index in [0.717, 1.165) is 33.7 Å². The van der Waals surface area contributed by atoms with Crippen molar-refractivity contribution in [3.63, 3.8) is 0 Å². The van der Waals surface area contributed by atoms with Crippen LogP contribution in [0.4, 0.5) is 17.2 Å². The van der Waals surface area contributed by atoms with Gasteiger partial charge in [-0.1, -0.05) is 30.3 Å². The topological polar surface area (TPSA) is 54.5 Å². The molecule has 0 bridgehead atoms. The second-order valence-corrected chi connectivity index (χ2v) is 5.91. The molecule has 5 heteroatoms. The Balaban J connectivity index is 2.05. The number of carbonyl (C=O) groups excluding carboxylic acids is 1. The number of hydrogen-bond acceptors (Lipinski definition) is 5. The van der Waals surface area contributed by atoms with E-state index in [-0.39, 0.29) is 12.5 Å². The highest BCUT2D eigenvalue weighted by molar-refractivity contribution is 6.02. The molecule has 3 aromatic rings. The lowest BCUT2D eigenvalue weighted by molar-refractivity contribution is -0.138. The number of ether oxygens (including phenoxy) is 1. The van der Waals surface area contributed by atoms with Gasteiger partial charge in [0.05, 0.1) is 7.11 Å². The Bertz CT molecular complexity index is 894. The number of carbonyl (C=O) groups is 1. The summed E-state index contributed by atoms with van der Waals surface area (Å²) in [6.45, 7) is 2.10. The van der Waals surface area contributed by atoms with Crippen LogP contribution in [-0.2, 0) is 9.53 Å². The fourth-order valence-corrected chi connectivity index (χ4v) is 2.79. The van der Waals surface area contributed by atoms with Crippen LogP contribution >= 0.6 is 0 Å². The van der Waals surface area contributed by atoms with Gasteiger partial charge >= 0.3 is 5.97 Å². The summed E-state index contributed by atoms with van der Waals surface area (Å²) in [7, 11) is 3.23. The first-order valence-electron chi connectivity index (χ1n) is 8.09. The second kappa shape index (κ2) is 7.21. The minimum Gasteiger partial charge on any atom is -0.468 e. The Kier molecular flexibility index (Phi) is 4.84. The number of para-hydroxylation sites is 1. The van der Waals surface area contributed by atoms with Gasteiger partial charge in [-0.2, -0.15) is 0 Å². The fourth-order valence-electron chi connectivity index (χ4n) is 2.79. The quantitative estimate of drug-likeness (QED) is 0.717. The molecule has 0 amide bonds. The zero-order valence-electron chi connectivity index (χ0n) is 14.6. The number of benzene rings is 2. The average molecular weight is 335 g/mol. The molecule has 128 valence electrons. The number of methoxy groups -OCH3 is 1. The van der Waals surface area contributed by atoms with E-state index in [9.17, 15) is 4.79 Å². The van der Waals surface area contributed by atoms with E-state index in [0.29, 0.717) is 0 Å². The Morgan fingerprint density at radius 3 is 2.60 bits per heavy atom. The van der Waals surface area contributed by atoms with Gasteiger partial charge in [-0.25, -0.2) is 4.98 Å². The molecule has 25 heavy (non-hydrogen) atoms. The van der Waals surface area contributed by atoms with Crippen molar-refractivity contribution in [2.75, 3.05) is 30.9 Å². The lowest BCUT2D eigenvalue weighted by atomic mass is 10.1. The molecule has 0 aliphatic carbocycles. The normalized spacial score (nSPS) is 10.5. The van der Waals surface area contributed by atoms with Crippen molar-refractivity contribution >= 4 is 33.9 Å². The molecule has 2 aromatic carbocycles.